The van der Waals surface area contributed by atoms with Crippen LogP contribution in [0.1, 0.15) is 26.3 Å². The smallest absolute Gasteiger partial charge is 0.231 e. The zero-order valence-corrected chi connectivity index (χ0v) is 10.5. The van der Waals surface area contributed by atoms with Crippen molar-refractivity contribution in [3.8, 4) is 11.5 Å². The zero-order valence-electron chi connectivity index (χ0n) is 10.5. The number of aliphatic hydroxyl groups excluding tert-OH is 1. The Morgan fingerprint density at radius 1 is 1.35 bits per heavy atom. The molecule has 1 aliphatic rings. The summed E-state index contributed by atoms with van der Waals surface area (Å²) in [6, 6.07) is 6.05. The van der Waals surface area contributed by atoms with Crippen LogP contribution in [-0.4, -0.2) is 24.5 Å². The number of nitrogens with one attached hydrogen (secondary N) is 1. The maximum atomic E-state index is 9.60. The number of ether oxygens (including phenoxy) is 2. The number of hydrogen-bond donors (Lipinski definition) is 2. The molecule has 2 N–H and O–H groups in total. The molecule has 1 aromatic carbocycles. The largest absolute Gasteiger partial charge is 0.454 e. The van der Waals surface area contributed by atoms with Crippen LogP contribution in [0, 0.1) is 0 Å². The molecule has 0 radical (unpaired) electrons. The van der Waals surface area contributed by atoms with E-state index in [-0.39, 0.29) is 19.4 Å². The summed E-state index contributed by atoms with van der Waals surface area (Å²) in [6.07, 6.45) is 0. The molecule has 4 heteroatoms. The highest BCUT2D eigenvalue weighted by atomic mass is 16.7. The number of aliphatic hydroxyl groups is 1. The third-order valence-electron chi connectivity index (χ3n) is 2.93. The van der Waals surface area contributed by atoms with Crippen LogP contribution in [0.5, 0.6) is 11.5 Å². The van der Waals surface area contributed by atoms with Crippen molar-refractivity contribution in [2.24, 2.45) is 0 Å². The molecule has 4 nitrogen and oxygen atoms in total. The van der Waals surface area contributed by atoms with Crippen molar-refractivity contribution in [3.63, 3.8) is 0 Å². The summed E-state index contributed by atoms with van der Waals surface area (Å²) >= 11 is 0. The Labute approximate surface area is 102 Å². The minimum atomic E-state index is -0.463. The standard InChI is InChI=1S/C13H19NO3/c1-9(2)14-13(3,7-15)10-4-5-11-12(6-10)17-8-16-11/h4-6,9,14-15H,7-8H2,1-3H3. The lowest BCUT2D eigenvalue weighted by molar-refractivity contribution is 0.165. The molecule has 2 rings (SSSR count). The summed E-state index contributed by atoms with van der Waals surface area (Å²) < 4.78 is 10.6. The van der Waals surface area contributed by atoms with Crippen LogP contribution in [-0.2, 0) is 5.54 Å². The zero-order chi connectivity index (χ0) is 12.5. The Balaban J connectivity index is 2.31. The number of benzene rings is 1. The third kappa shape index (κ3) is 2.37. The average molecular weight is 237 g/mol. The Hall–Kier alpha value is -1.26. The van der Waals surface area contributed by atoms with E-state index in [2.05, 4.69) is 19.2 Å². The molecule has 0 saturated carbocycles. The van der Waals surface area contributed by atoms with E-state index in [1.54, 1.807) is 0 Å². The Kier molecular flexibility index (Phi) is 3.26. The van der Waals surface area contributed by atoms with Gasteiger partial charge in [-0.2, -0.15) is 0 Å². The molecular formula is C13H19NO3. The Morgan fingerprint density at radius 2 is 2.06 bits per heavy atom. The fraction of sp³-hybridized carbons (Fsp3) is 0.538. The minimum absolute atomic E-state index is 0.0326. The second-order valence-corrected chi connectivity index (χ2v) is 4.86. The molecule has 17 heavy (non-hydrogen) atoms. The van der Waals surface area contributed by atoms with E-state index in [0.29, 0.717) is 0 Å². The van der Waals surface area contributed by atoms with Gasteiger partial charge in [0.25, 0.3) is 0 Å². The maximum absolute atomic E-state index is 9.60. The predicted octanol–water partition coefficient (Wildman–Crippen LogP) is 1.62. The van der Waals surface area contributed by atoms with Gasteiger partial charge in [0.1, 0.15) is 0 Å². The van der Waals surface area contributed by atoms with Crippen molar-refractivity contribution in [2.45, 2.75) is 32.4 Å². The van der Waals surface area contributed by atoms with E-state index >= 15 is 0 Å². The molecule has 94 valence electrons. The van der Waals surface area contributed by atoms with Crippen LogP contribution >= 0.6 is 0 Å². The highest BCUT2D eigenvalue weighted by molar-refractivity contribution is 5.46. The number of rotatable bonds is 4. The topological polar surface area (TPSA) is 50.7 Å². The summed E-state index contributed by atoms with van der Waals surface area (Å²) in [5.74, 6) is 1.51. The molecule has 1 atom stereocenters. The van der Waals surface area contributed by atoms with E-state index in [1.807, 2.05) is 25.1 Å². The van der Waals surface area contributed by atoms with Crippen molar-refractivity contribution < 1.29 is 14.6 Å². The van der Waals surface area contributed by atoms with E-state index in [9.17, 15) is 5.11 Å². The second-order valence-electron chi connectivity index (χ2n) is 4.86. The SMILES string of the molecule is CC(C)NC(C)(CO)c1ccc2c(c1)OCO2. The molecule has 0 aliphatic carbocycles. The summed E-state index contributed by atoms with van der Waals surface area (Å²) in [7, 11) is 0. The van der Waals surface area contributed by atoms with E-state index in [0.717, 1.165) is 17.1 Å². The first-order valence-corrected chi connectivity index (χ1v) is 5.84. The first-order valence-electron chi connectivity index (χ1n) is 5.84. The third-order valence-corrected chi connectivity index (χ3v) is 2.93. The molecule has 0 spiro atoms. The number of fused-ring (bicyclic) bond motifs is 1. The van der Waals surface area contributed by atoms with Crippen LogP contribution < -0.4 is 14.8 Å². The fourth-order valence-electron chi connectivity index (χ4n) is 2.10. The van der Waals surface area contributed by atoms with Gasteiger partial charge >= 0.3 is 0 Å². The maximum Gasteiger partial charge on any atom is 0.231 e. The van der Waals surface area contributed by atoms with Crippen molar-refractivity contribution in [2.75, 3.05) is 13.4 Å². The van der Waals surface area contributed by atoms with Gasteiger partial charge in [-0.3, -0.25) is 0 Å². The van der Waals surface area contributed by atoms with Crippen LogP contribution in [0.2, 0.25) is 0 Å². The molecule has 1 unspecified atom stereocenters. The van der Waals surface area contributed by atoms with Crippen LogP contribution in [0.25, 0.3) is 0 Å². The van der Waals surface area contributed by atoms with Crippen molar-refractivity contribution in [1.82, 2.24) is 5.32 Å². The van der Waals surface area contributed by atoms with Gasteiger partial charge < -0.3 is 19.9 Å². The second kappa shape index (κ2) is 4.55. The van der Waals surface area contributed by atoms with Gasteiger partial charge in [-0.25, -0.2) is 0 Å². The quantitative estimate of drug-likeness (QED) is 0.835. The highest BCUT2D eigenvalue weighted by Crippen LogP contribution is 2.35. The number of hydrogen-bond acceptors (Lipinski definition) is 4. The van der Waals surface area contributed by atoms with Crippen LogP contribution in [0.4, 0.5) is 0 Å². The van der Waals surface area contributed by atoms with E-state index in [4.69, 9.17) is 9.47 Å². The lowest BCUT2D eigenvalue weighted by atomic mass is 9.91. The van der Waals surface area contributed by atoms with Gasteiger partial charge in [0.15, 0.2) is 11.5 Å². The first-order chi connectivity index (χ1) is 8.05. The lowest BCUT2D eigenvalue weighted by Gasteiger charge is -2.31. The van der Waals surface area contributed by atoms with Gasteiger partial charge in [0.05, 0.1) is 12.1 Å². The van der Waals surface area contributed by atoms with Crippen molar-refractivity contribution in [1.29, 1.82) is 0 Å². The van der Waals surface area contributed by atoms with Gasteiger partial charge in [-0.1, -0.05) is 6.07 Å². The highest BCUT2D eigenvalue weighted by Gasteiger charge is 2.28. The molecular weight excluding hydrogens is 218 g/mol. The lowest BCUT2D eigenvalue weighted by Crippen LogP contribution is -2.46. The van der Waals surface area contributed by atoms with Crippen LogP contribution in [0.15, 0.2) is 18.2 Å². The summed E-state index contributed by atoms with van der Waals surface area (Å²) in [4.78, 5) is 0. The van der Waals surface area contributed by atoms with Crippen LogP contribution in [0.3, 0.4) is 0 Å². The van der Waals surface area contributed by atoms with Gasteiger partial charge in [-0.05, 0) is 38.5 Å². The van der Waals surface area contributed by atoms with Gasteiger partial charge in [0, 0.05) is 6.04 Å². The van der Waals surface area contributed by atoms with Crippen molar-refractivity contribution in [3.05, 3.63) is 23.8 Å². The average Bonchev–Trinajstić information content (AvgIpc) is 2.74. The summed E-state index contributed by atoms with van der Waals surface area (Å²) in [6.45, 7) is 6.39. The molecule has 0 amide bonds. The molecule has 1 aliphatic heterocycles. The monoisotopic (exact) mass is 237 g/mol. The fourth-order valence-corrected chi connectivity index (χ4v) is 2.10. The molecule has 0 fully saturated rings. The van der Waals surface area contributed by atoms with Gasteiger partial charge in [0.2, 0.25) is 6.79 Å². The molecule has 0 bridgehead atoms. The van der Waals surface area contributed by atoms with Gasteiger partial charge in [-0.15, -0.1) is 0 Å². The molecule has 0 saturated heterocycles. The van der Waals surface area contributed by atoms with Crippen molar-refractivity contribution >= 4 is 0 Å². The Morgan fingerprint density at radius 3 is 2.71 bits per heavy atom. The Bertz CT molecular complexity index is 406. The molecule has 1 aromatic rings. The summed E-state index contributed by atoms with van der Waals surface area (Å²) in [5, 5.41) is 13.0. The molecule has 1 heterocycles. The van der Waals surface area contributed by atoms with E-state index < -0.39 is 5.54 Å². The minimum Gasteiger partial charge on any atom is -0.454 e. The van der Waals surface area contributed by atoms with E-state index in [1.165, 1.54) is 0 Å². The molecule has 0 aromatic heterocycles. The normalized spacial score (nSPS) is 17.2. The first kappa shape index (κ1) is 12.2. The predicted molar refractivity (Wildman–Crippen MR) is 65.3 cm³/mol. The summed E-state index contributed by atoms with van der Waals surface area (Å²) in [5.41, 5.74) is 0.535.